The highest BCUT2D eigenvalue weighted by Gasteiger charge is 2.18. The smallest absolute Gasteiger partial charge is 0.263 e. The Morgan fingerprint density at radius 2 is 1.97 bits per heavy atom. The van der Waals surface area contributed by atoms with Crippen molar-refractivity contribution in [1.82, 2.24) is 14.8 Å². The second-order valence-corrected chi connectivity index (χ2v) is 7.38. The molecule has 2 heterocycles. The molecule has 0 aliphatic rings. The highest BCUT2D eigenvalue weighted by atomic mass is 16.5. The lowest BCUT2D eigenvalue weighted by molar-refractivity contribution is -0.118. The van der Waals surface area contributed by atoms with Crippen molar-refractivity contribution in [3.63, 3.8) is 0 Å². The molecule has 0 atom stereocenters. The normalized spacial score (nSPS) is 10.6. The SMILES string of the molecule is CCc1ccccc1OCC(=O)Nc1c(C#N)cnn1-c1cc(C)c2cccc(OC)c2n1. The molecule has 2 aromatic carbocycles. The van der Waals surface area contributed by atoms with Crippen LogP contribution in [0.2, 0.25) is 0 Å². The van der Waals surface area contributed by atoms with Gasteiger partial charge in [-0.05, 0) is 42.7 Å². The van der Waals surface area contributed by atoms with Gasteiger partial charge in [-0.1, -0.05) is 37.3 Å². The maximum atomic E-state index is 12.7. The number of carbonyl (C=O) groups is 1. The van der Waals surface area contributed by atoms with E-state index in [4.69, 9.17) is 14.5 Å². The molecular formula is C25H23N5O3. The van der Waals surface area contributed by atoms with Crippen molar-refractivity contribution in [2.75, 3.05) is 19.0 Å². The molecule has 1 amide bonds. The zero-order valence-corrected chi connectivity index (χ0v) is 18.6. The van der Waals surface area contributed by atoms with Gasteiger partial charge < -0.3 is 14.8 Å². The summed E-state index contributed by atoms with van der Waals surface area (Å²) < 4.78 is 12.6. The fraction of sp³-hybridized carbons (Fsp3) is 0.200. The summed E-state index contributed by atoms with van der Waals surface area (Å²) in [5.74, 6) is 1.56. The van der Waals surface area contributed by atoms with Gasteiger partial charge in [0.25, 0.3) is 5.91 Å². The number of hydrogen-bond donors (Lipinski definition) is 1. The van der Waals surface area contributed by atoms with E-state index in [2.05, 4.69) is 16.5 Å². The maximum absolute atomic E-state index is 12.7. The maximum Gasteiger partial charge on any atom is 0.263 e. The first-order valence-corrected chi connectivity index (χ1v) is 10.5. The first-order chi connectivity index (χ1) is 16.0. The van der Waals surface area contributed by atoms with Crippen molar-refractivity contribution in [2.24, 2.45) is 0 Å². The number of aromatic nitrogens is 3. The van der Waals surface area contributed by atoms with Gasteiger partial charge >= 0.3 is 0 Å². The molecule has 0 saturated carbocycles. The topological polar surface area (TPSA) is 102 Å². The van der Waals surface area contributed by atoms with Crippen molar-refractivity contribution in [3.05, 3.63) is 71.4 Å². The minimum atomic E-state index is -0.408. The number of rotatable bonds is 7. The monoisotopic (exact) mass is 441 g/mol. The quantitative estimate of drug-likeness (QED) is 0.461. The number of carbonyl (C=O) groups excluding carboxylic acids is 1. The molecular weight excluding hydrogens is 418 g/mol. The number of aryl methyl sites for hydroxylation is 2. The molecule has 0 aliphatic carbocycles. The molecule has 33 heavy (non-hydrogen) atoms. The van der Waals surface area contributed by atoms with Crippen LogP contribution in [0.1, 0.15) is 23.6 Å². The molecule has 0 unspecified atom stereocenters. The standard InChI is InChI=1S/C25H23N5O3/c1-4-17-8-5-6-10-20(17)33-15-23(31)29-25-18(13-26)14-27-30(25)22-12-16(2)19-9-7-11-21(32-3)24(19)28-22/h5-12,14H,4,15H2,1-3H3,(H,29,31). The summed E-state index contributed by atoms with van der Waals surface area (Å²) in [6.07, 6.45) is 2.19. The fourth-order valence-electron chi connectivity index (χ4n) is 3.62. The average molecular weight is 441 g/mol. The van der Waals surface area contributed by atoms with Gasteiger partial charge in [-0.25, -0.2) is 4.98 Å². The zero-order valence-electron chi connectivity index (χ0n) is 18.6. The summed E-state index contributed by atoms with van der Waals surface area (Å²) in [6.45, 7) is 3.78. The Morgan fingerprint density at radius 1 is 1.18 bits per heavy atom. The minimum Gasteiger partial charge on any atom is -0.494 e. The lowest BCUT2D eigenvalue weighted by atomic mass is 10.1. The van der Waals surface area contributed by atoms with Gasteiger partial charge in [0.05, 0.1) is 13.3 Å². The Hall–Kier alpha value is -4.38. The Labute approximate surface area is 191 Å². The van der Waals surface area contributed by atoms with Gasteiger partial charge in [-0.3, -0.25) is 4.79 Å². The number of fused-ring (bicyclic) bond motifs is 1. The van der Waals surface area contributed by atoms with Gasteiger partial charge in [0, 0.05) is 5.39 Å². The third-order valence-corrected chi connectivity index (χ3v) is 5.29. The first-order valence-electron chi connectivity index (χ1n) is 10.5. The van der Waals surface area contributed by atoms with Crippen LogP contribution >= 0.6 is 0 Å². The largest absolute Gasteiger partial charge is 0.494 e. The number of nitrogens with zero attached hydrogens (tertiary/aromatic N) is 4. The van der Waals surface area contributed by atoms with E-state index < -0.39 is 5.91 Å². The van der Waals surface area contributed by atoms with Crippen LogP contribution in [-0.4, -0.2) is 34.4 Å². The summed E-state index contributed by atoms with van der Waals surface area (Å²) in [4.78, 5) is 17.4. The van der Waals surface area contributed by atoms with Crippen molar-refractivity contribution in [2.45, 2.75) is 20.3 Å². The summed E-state index contributed by atoms with van der Waals surface area (Å²) in [5.41, 5.74) is 2.86. The molecule has 8 heteroatoms. The lowest BCUT2D eigenvalue weighted by Crippen LogP contribution is -2.23. The van der Waals surface area contributed by atoms with E-state index in [-0.39, 0.29) is 18.0 Å². The number of amides is 1. The van der Waals surface area contributed by atoms with Gasteiger partial charge in [0.15, 0.2) is 18.2 Å². The van der Waals surface area contributed by atoms with Crippen LogP contribution in [0, 0.1) is 18.3 Å². The van der Waals surface area contributed by atoms with E-state index in [1.165, 1.54) is 10.9 Å². The highest BCUT2D eigenvalue weighted by molar-refractivity contribution is 5.93. The second kappa shape index (κ2) is 9.40. The molecule has 0 bridgehead atoms. The van der Waals surface area contributed by atoms with Gasteiger partial charge in [0.2, 0.25) is 0 Å². The predicted molar refractivity (Wildman–Crippen MR) is 125 cm³/mol. The third kappa shape index (κ3) is 4.34. The molecule has 2 aromatic heterocycles. The van der Waals surface area contributed by atoms with Gasteiger partial charge in [0.1, 0.15) is 28.6 Å². The molecule has 8 nitrogen and oxygen atoms in total. The van der Waals surface area contributed by atoms with E-state index in [9.17, 15) is 10.1 Å². The molecule has 4 aromatic rings. The summed E-state index contributed by atoms with van der Waals surface area (Å²) in [7, 11) is 1.59. The summed E-state index contributed by atoms with van der Waals surface area (Å²) in [6, 6.07) is 17.2. The van der Waals surface area contributed by atoms with Crippen LogP contribution < -0.4 is 14.8 Å². The van der Waals surface area contributed by atoms with E-state index in [1.807, 2.05) is 62.4 Å². The fourth-order valence-corrected chi connectivity index (χ4v) is 3.62. The number of hydrogen-bond acceptors (Lipinski definition) is 6. The van der Waals surface area contributed by atoms with Crippen molar-refractivity contribution in [1.29, 1.82) is 5.26 Å². The van der Waals surface area contributed by atoms with E-state index in [0.29, 0.717) is 22.8 Å². The van der Waals surface area contributed by atoms with Crippen LogP contribution in [0.15, 0.2) is 54.7 Å². The Bertz CT molecular complexity index is 1370. The average Bonchev–Trinajstić information content (AvgIpc) is 3.24. The molecule has 1 N–H and O–H groups in total. The second-order valence-electron chi connectivity index (χ2n) is 7.38. The molecule has 0 aliphatic heterocycles. The number of anilines is 1. The summed E-state index contributed by atoms with van der Waals surface area (Å²) in [5, 5.41) is 17.5. The Kier molecular flexibility index (Phi) is 6.22. The van der Waals surface area contributed by atoms with Crippen molar-refractivity contribution < 1.29 is 14.3 Å². The number of para-hydroxylation sites is 2. The molecule has 0 saturated heterocycles. The number of benzene rings is 2. The van der Waals surface area contributed by atoms with Crippen LogP contribution in [0.5, 0.6) is 11.5 Å². The van der Waals surface area contributed by atoms with Gasteiger partial charge in [-0.15, -0.1) is 0 Å². The number of ether oxygens (including phenoxy) is 2. The number of pyridine rings is 1. The number of nitrogens with one attached hydrogen (secondary N) is 1. The zero-order chi connectivity index (χ0) is 23.4. The van der Waals surface area contributed by atoms with Crippen molar-refractivity contribution in [3.8, 4) is 23.4 Å². The Balaban J connectivity index is 1.64. The number of methoxy groups -OCH3 is 1. The molecule has 0 spiro atoms. The molecule has 4 rings (SSSR count). The number of nitriles is 1. The van der Waals surface area contributed by atoms with Crippen LogP contribution in [-0.2, 0) is 11.2 Å². The first kappa shape index (κ1) is 21.8. The summed E-state index contributed by atoms with van der Waals surface area (Å²) >= 11 is 0. The molecule has 166 valence electrons. The van der Waals surface area contributed by atoms with E-state index in [1.54, 1.807) is 7.11 Å². The van der Waals surface area contributed by atoms with Crippen molar-refractivity contribution >= 4 is 22.6 Å². The van der Waals surface area contributed by atoms with E-state index >= 15 is 0 Å². The Morgan fingerprint density at radius 3 is 2.73 bits per heavy atom. The lowest BCUT2D eigenvalue weighted by Gasteiger charge is -2.13. The van der Waals surface area contributed by atoms with Crippen LogP contribution in [0.4, 0.5) is 5.82 Å². The van der Waals surface area contributed by atoms with Crippen LogP contribution in [0.3, 0.4) is 0 Å². The molecule has 0 radical (unpaired) electrons. The highest BCUT2D eigenvalue weighted by Crippen LogP contribution is 2.29. The third-order valence-electron chi connectivity index (χ3n) is 5.29. The molecule has 0 fully saturated rings. The van der Waals surface area contributed by atoms with Gasteiger partial charge in [-0.2, -0.15) is 15.0 Å². The minimum absolute atomic E-state index is 0.203. The predicted octanol–water partition coefficient (Wildman–Crippen LogP) is 4.19. The van der Waals surface area contributed by atoms with Crippen LogP contribution in [0.25, 0.3) is 16.7 Å². The van der Waals surface area contributed by atoms with E-state index in [0.717, 1.165) is 22.9 Å².